The van der Waals surface area contributed by atoms with E-state index in [0.717, 1.165) is 29.9 Å². The van der Waals surface area contributed by atoms with E-state index in [1.54, 1.807) is 12.5 Å². The molecule has 1 atom stereocenters. The molecule has 0 saturated heterocycles. The number of imidazole rings is 1. The van der Waals surface area contributed by atoms with Crippen molar-refractivity contribution < 1.29 is 5.11 Å². The predicted octanol–water partition coefficient (Wildman–Crippen LogP) is 4.31. The van der Waals surface area contributed by atoms with Crippen molar-refractivity contribution in [3.05, 3.63) is 72.6 Å². The minimum absolute atomic E-state index is 0.477. The van der Waals surface area contributed by atoms with Gasteiger partial charge >= 0.3 is 0 Å². The van der Waals surface area contributed by atoms with Crippen molar-refractivity contribution in [3.63, 3.8) is 0 Å². The number of aliphatic hydroxyl groups excluding tert-OH is 1. The van der Waals surface area contributed by atoms with Gasteiger partial charge < -0.3 is 9.67 Å². The summed E-state index contributed by atoms with van der Waals surface area (Å²) in [5.41, 5.74) is 4.68. The normalized spacial score (nSPS) is 15.9. The van der Waals surface area contributed by atoms with E-state index in [1.807, 2.05) is 39.5 Å². The standard InChI is InChI=1S/C25H30N6O/c32-25(27-12-7-14-30-15-13-26-18-30)22-17-24-28-21(19-8-3-1-4-9-19)16-23(31(24)29-22)20-10-5-2-6-11-20/h1,3-4,8-9,13,15-18,20,25,27,32H,2,5-7,10-12,14H2. The van der Waals surface area contributed by atoms with Crippen LogP contribution in [0.15, 0.2) is 61.2 Å². The van der Waals surface area contributed by atoms with Crippen molar-refractivity contribution >= 4 is 5.65 Å². The topological polar surface area (TPSA) is 80.3 Å². The van der Waals surface area contributed by atoms with Crippen LogP contribution in [0.3, 0.4) is 0 Å². The summed E-state index contributed by atoms with van der Waals surface area (Å²) in [7, 11) is 0. The van der Waals surface area contributed by atoms with Crippen LogP contribution in [0.2, 0.25) is 0 Å². The number of hydrogen-bond acceptors (Lipinski definition) is 5. The van der Waals surface area contributed by atoms with Crippen LogP contribution in [0.25, 0.3) is 16.9 Å². The van der Waals surface area contributed by atoms with Gasteiger partial charge in [0.1, 0.15) is 11.9 Å². The van der Waals surface area contributed by atoms with Gasteiger partial charge in [-0.1, -0.05) is 49.6 Å². The van der Waals surface area contributed by atoms with Crippen LogP contribution >= 0.6 is 0 Å². The highest BCUT2D eigenvalue weighted by Crippen LogP contribution is 2.34. The smallest absolute Gasteiger partial charge is 0.156 e. The first kappa shape index (κ1) is 20.8. The van der Waals surface area contributed by atoms with Crippen LogP contribution in [0.5, 0.6) is 0 Å². The summed E-state index contributed by atoms with van der Waals surface area (Å²) in [6.07, 6.45) is 11.8. The second-order valence-electron chi connectivity index (χ2n) is 8.62. The largest absolute Gasteiger partial charge is 0.373 e. The van der Waals surface area contributed by atoms with Crippen molar-refractivity contribution in [3.8, 4) is 11.3 Å². The average molecular weight is 431 g/mol. The lowest BCUT2D eigenvalue weighted by Crippen LogP contribution is -2.23. The fourth-order valence-corrected chi connectivity index (χ4v) is 4.62. The minimum Gasteiger partial charge on any atom is -0.373 e. The molecule has 5 rings (SSSR count). The van der Waals surface area contributed by atoms with Crippen LogP contribution in [0, 0.1) is 0 Å². The van der Waals surface area contributed by atoms with Crippen LogP contribution in [0.1, 0.15) is 62.1 Å². The van der Waals surface area contributed by atoms with E-state index in [2.05, 4.69) is 28.5 Å². The number of aryl methyl sites for hydroxylation is 1. The van der Waals surface area contributed by atoms with E-state index in [4.69, 9.17) is 10.1 Å². The Hall–Kier alpha value is -3.03. The molecule has 1 aliphatic carbocycles. The van der Waals surface area contributed by atoms with Crippen molar-refractivity contribution in [2.45, 2.75) is 57.2 Å². The van der Waals surface area contributed by atoms with Crippen LogP contribution in [0.4, 0.5) is 0 Å². The van der Waals surface area contributed by atoms with Gasteiger partial charge in [-0.15, -0.1) is 0 Å². The molecule has 1 aliphatic rings. The molecule has 0 bridgehead atoms. The molecule has 0 spiro atoms. The van der Waals surface area contributed by atoms with E-state index in [0.29, 0.717) is 18.2 Å². The molecule has 4 aromatic rings. The molecule has 7 nitrogen and oxygen atoms in total. The molecule has 1 fully saturated rings. The molecular weight excluding hydrogens is 400 g/mol. The van der Waals surface area contributed by atoms with Gasteiger partial charge in [-0.2, -0.15) is 5.10 Å². The highest BCUT2D eigenvalue weighted by Gasteiger charge is 2.22. The first-order valence-corrected chi connectivity index (χ1v) is 11.6. The number of hydrogen-bond donors (Lipinski definition) is 2. The van der Waals surface area contributed by atoms with Crippen LogP contribution < -0.4 is 5.32 Å². The fraction of sp³-hybridized carbons (Fsp3) is 0.400. The summed E-state index contributed by atoms with van der Waals surface area (Å²) < 4.78 is 3.98. The van der Waals surface area contributed by atoms with Gasteiger partial charge in [-0.25, -0.2) is 14.5 Å². The van der Waals surface area contributed by atoms with Gasteiger partial charge in [-0.05, 0) is 31.9 Å². The molecule has 2 N–H and O–H groups in total. The summed E-state index contributed by atoms with van der Waals surface area (Å²) in [4.78, 5) is 8.94. The SMILES string of the molecule is OC(NCCCn1ccnc1)c1cc2nc(-c3ccccc3)cc(C3CCCCC3)n2n1. The molecule has 32 heavy (non-hydrogen) atoms. The molecule has 1 saturated carbocycles. The maximum atomic E-state index is 10.7. The second-order valence-corrected chi connectivity index (χ2v) is 8.62. The Balaban J connectivity index is 1.39. The van der Waals surface area contributed by atoms with Gasteiger partial charge in [0.05, 0.1) is 12.0 Å². The number of aromatic nitrogens is 5. The molecular formula is C25H30N6O. The van der Waals surface area contributed by atoms with Crippen LogP contribution in [-0.2, 0) is 6.54 Å². The van der Waals surface area contributed by atoms with Crippen molar-refractivity contribution in [1.29, 1.82) is 0 Å². The Morgan fingerprint density at radius 2 is 1.94 bits per heavy atom. The highest BCUT2D eigenvalue weighted by molar-refractivity contribution is 5.62. The quantitative estimate of drug-likeness (QED) is 0.322. The van der Waals surface area contributed by atoms with Crippen LogP contribution in [-0.4, -0.2) is 35.8 Å². The van der Waals surface area contributed by atoms with Gasteiger partial charge in [0.15, 0.2) is 5.65 Å². The summed E-state index contributed by atoms with van der Waals surface area (Å²) in [5, 5.41) is 18.7. The Labute approximate surface area is 188 Å². The zero-order chi connectivity index (χ0) is 21.8. The number of fused-ring (bicyclic) bond motifs is 1. The molecule has 3 aromatic heterocycles. The number of aliphatic hydroxyl groups is 1. The minimum atomic E-state index is -0.820. The molecule has 3 heterocycles. The Kier molecular flexibility index (Phi) is 6.27. The third-order valence-corrected chi connectivity index (χ3v) is 6.34. The molecule has 1 aromatic carbocycles. The highest BCUT2D eigenvalue weighted by atomic mass is 16.3. The summed E-state index contributed by atoms with van der Waals surface area (Å²) in [6, 6.07) is 14.4. The first-order chi connectivity index (χ1) is 15.8. The fourth-order valence-electron chi connectivity index (χ4n) is 4.62. The first-order valence-electron chi connectivity index (χ1n) is 11.6. The predicted molar refractivity (Wildman–Crippen MR) is 124 cm³/mol. The zero-order valence-corrected chi connectivity index (χ0v) is 18.3. The van der Waals surface area contributed by atoms with E-state index in [9.17, 15) is 5.11 Å². The van der Waals surface area contributed by atoms with Gasteiger partial charge in [0, 0.05) is 42.2 Å². The molecule has 166 valence electrons. The number of rotatable bonds is 8. The number of benzene rings is 1. The maximum Gasteiger partial charge on any atom is 0.156 e. The summed E-state index contributed by atoms with van der Waals surface area (Å²) >= 11 is 0. The summed E-state index contributed by atoms with van der Waals surface area (Å²) in [6.45, 7) is 1.55. The zero-order valence-electron chi connectivity index (χ0n) is 18.3. The lowest BCUT2D eigenvalue weighted by molar-refractivity contribution is 0.133. The molecule has 7 heteroatoms. The average Bonchev–Trinajstić information content (AvgIpc) is 3.52. The molecule has 0 aliphatic heterocycles. The van der Waals surface area contributed by atoms with E-state index in [-0.39, 0.29) is 0 Å². The molecule has 1 unspecified atom stereocenters. The van der Waals surface area contributed by atoms with Gasteiger partial charge in [0.2, 0.25) is 0 Å². The van der Waals surface area contributed by atoms with Crippen molar-refractivity contribution in [2.24, 2.45) is 0 Å². The van der Waals surface area contributed by atoms with Crippen molar-refractivity contribution in [1.82, 2.24) is 29.5 Å². The van der Waals surface area contributed by atoms with Crippen molar-refractivity contribution in [2.75, 3.05) is 6.54 Å². The van der Waals surface area contributed by atoms with E-state index in [1.165, 1.54) is 37.8 Å². The molecule has 0 amide bonds. The Bertz CT molecular complexity index is 1130. The van der Waals surface area contributed by atoms with E-state index >= 15 is 0 Å². The van der Waals surface area contributed by atoms with E-state index < -0.39 is 6.23 Å². The lowest BCUT2D eigenvalue weighted by atomic mass is 9.86. The molecule has 0 radical (unpaired) electrons. The number of nitrogens with zero attached hydrogens (tertiary/aromatic N) is 5. The lowest BCUT2D eigenvalue weighted by Gasteiger charge is -2.23. The van der Waals surface area contributed by atoms with Gasteiger partial charge in [-0.3, -0.25) is 5.32 Å². The maximum absolute atomic E-state index is 10.7. The number of nitrogens with one attached hydrogen (secondary N) is 1. The Morgan fingerprint density at radius 1 is 1.09 bits per heavy atom. The second kappa shape index (κ2) is 9.63. The third-order valence-electron chi connectivity index (χ3n) is 6.34. The Morgan fingerprint density at radius 3 is 2.72 bits per heavy atom. The monoisotopic (exact) mass is 430 g/mol. The summed E-state index contributed by atoms with van der Waals surface area (Å²) in [5.74, 6) is 0.477. The van der Waals surface area contributed by atoms with Gasteiger partial charge in [0.25, 0.3) is 0 Å². The third kappa shape index (κ3) is 4.59.